The van der Waals surface area contributed by atoms with Gasteiger partial charge in [0.25, 0.3) is 0 Å². The molecule has 1 rings (SSSR count). The lowest BCUT2D eigenvalue weighted by atomic mass is 9.91. The zero-order valence-electron chi connectivity index (χ0n) is 8.89. The van der Waals surface area contributed by atoms with E-state index in [1.54, 1.807) is 0 Å². The fourth-order valence-electron chi connectivity index (χ4n) is 1.18. The van der Waals surface area contributed by atoms with Gasteiger partial charge in [0.2, 0.25) is 0 Å². The van der Waals surface area contributed by atoms with Crippen LogP contribution in [-0.4, -0.2) is 12.0 Å². The Kier molecular flexibility index (Phi) is 3.04. The SMILES string of the molecule is CNCc1ccc(C(C)(C)C)nc1. The number of aromatic nitrogens is 1. The summed E-state index contributed by atoms with van der Waals surface area (Å²) in [7, 11) is 1.94. The van der Waals surface area contributed by atoms with Gasteiger partial charge in [-0.3, -0.25) is 4.98 Å². The summed E-state index contributed by atoms with van der Waals surface area (Å²) in [6.45, 7) is 7.41. The van der Waals surface area contributed by atoms with Gasteiger partial charge in [-0.2, -0.15) is 0 Å². The summed E-state index contributed by atoms with van der Waals surface area (Å²) in [5, 5.41) is 3.10. The van der Waals surface area contributed by atoms with Crippen LogP contribution in [-0.2, 0) is 12.0 Å². The van der Waals surface area contributed by atoms with Crippen LogP contribution < -0.4 is 5.32 Å². The van der Waals surface area contributed by atoms with E-state index >= 15 is 0 Å². The fraction of sp³-hybridized carbons (Fsp3) is 0.545. The lowest BCUT2D eigenvalue weighted by molar-refractivity contribution is 0.568. The van der Waals surface area contributed by atoms with Crippen molar-refractivity contribution in [1.29, 1.82) is 0 Å². The summed E-state index contributed by atoms with van der Waals surface area (Å²) in [6, 6.07) is 4.23. The normalized spacial score (nSPS) is 11.7. The highest BCUT2D eigenvalue weighted by atomic mass is 14.8. The third-order valence-corrected chi connectivity index (χ3v) is 1.97. The summed E-state index contributed by atoms with van der Waals surface area (Å²) in [5.41, 5.74) is 2.53. The molecular formula is C11H18N2. The van der Waals surface area contributed by atoms with E-state index in [4.69, 9.17) is 0 Å². The number of hydrogen-bond acceptors (Lipinski definition) is 2. The summed E-state index contributed by atoms with van der Waals surface area (Å²) >= 11 is 0. The largest absolute Gasteiger partial charge is 0.316 e. The molecule has 0 radical (unpaired) electrons. The number of hydrogen-bond donors (Lipinski definition) is 1. The molecule has 0 amide bonds. The predicted octanol–water partition coefficient (Wildman–Crippen LogP) is 2.10. The lowest BCUT2D eigenvalue weighted by Gasteiger charge is -2.17. The molecule has 0 fully saturated rings. The summed E-state index contributed by atoms with van der Waals surface area (Å²) < 4.78 is 0. The van der Waals surface area contributed by atoms with Crippen molar-refractivity contribution in [2.24, 2.45) is 0 Å². The maximum Gasteiger partial charge on any atom is 0.0457 e. The van der Waals surface area contributed by atoms with Crippen molar-refractivity contribution in [3.63, 3.8) is 0 Å². The van der Waals surface area contributed by atoms with Crippen LogP contribution in [0.3, 0.4) is 0 Å². The van der Waals surface area contributed by atoms with Crippen LogP contribution in [0.2, 0.25) is 0 Å². The molecule has 13 heavy (non-hydrogen) atoms. The van der Waals surface area contributed by atoms with E-state index in [0.29, 0.717) is 0 Å². The molecule has 0 saturated carbocycles. The first-order chi connectivity index (χ1) is 6.04. The number of rotatable bonds is 2. The Bertz CT molecular complexity index is 256. The van der Waals surface area contributed by atoms with Crippen LogP contribution in [0, 0.1) is 0 Å². The van der Waals surface area contributed by atoms with Crippen molar-refractivity contribution in [1.82, 2.24) is 10.3 Å². The van der Waals surface area contributed by atoms with E-state index in [2.05, 4.69) is 43.2 Å². The second-order valence-corrected chi connectivity index (χ2v) is 4.33. The first kappa shape index (κ1) is 10.2. The molecule has 0 aliphatic carbocycles. The Labute approximate surface area is 80.4 Å². The van der Waals surface area contributed by atoms with Crippen LogP contribution in [0.4, 0.5) is 0 Å². The van der Waals surface area contributed by atoms with Gasteiger partial charge in [-0.05, 0) is 18.7 Å². The van der Waals surface area contributed by atoms with Gasteiger partial charge in [-0.1, -0.05) is 26.8 Å². The average Bonchev–Trinajstić information content (AvgIpc) is 2.04. The lowest BCUT2D eigenvalue weighted by Crippen LogP contribution is -2.14. The van der Waals surface area contributed by atoms with Crippen molar-refractivity contribution < 1.29 is 0 Å². The van der Waals surface area contributed by atoms with Gasteiger partial charge in [-0.15, -0.1) is 0 Å². The van der Waals surface area contributed by atoms with E-state index in [-0.39, 0.29) is 5.41 Å². The number of nitrogens with zero attached hydrogens (tertiary/aromatic N) is 1. The maximum absolute atomic E-state index is 4.43. The standard InChI is InChI=1S/C11H18N2/c1-11(2,3)10-6-5-9(7-12-4)8-13-10/h5-6,8,12H,7H2,1-4H3. The van der Waals surface area contributed by atoms with Crippen molar-refractivity contribution >= 4 is 0 Å². The molecule has 0 spiro atoms. The highest BCUT2D eigenvalue weighted by molar-refractivity contribution is 5.18. The topological polar surface area (TPSA) is 24.9 Å². The second-order valence-electron chi connectivity index (χ2n) is 4.33. The van der Waals surface area contributed by atoms with E-state index < -0.39 is 0 Å². The van der Waals surface area contributed by atoms with Crippen LogP contribution in [0.25, 0.3) is 0 Å². The predicted molar refractivity (Wildman–Crippen MR) is 55.7 cm³/mol. The Morgan fingerprint density at radius 2 is 2.00 bits per heavy atom. The Hall–Kier alpha value is -0.890. The molecule has 0 aromatic carbocycles. The minimum Gasteiger partial charge on any atom is -0.316 e. The summed E-state index contributed by atoms with van der Waals surface area (Å²) in [4.78, 5) is 4.43. The minimum atomic E-state index is 0.151. The van der Waals surface area contributed by atoms with Gasteiger partial charge in [0.05, 0.1) is 0 Å². The monoisotopic (exact) mass is 178 g/mol. The van der Waals surface area contributed by atoms with Gasteiger partial charge >= 0.3 is 0 Å². The molecule has 72 valence electrons. The van der Waals surface area contributed by atoms with Gasteiger partial charge in [0.1, 0.15) is 0 Å². The van der Waals surface area contributed by atoms with Crippen molar-refractivity contribution in [3.05, 3.63) is 29.6 Å². The van der Waals surface area contributed by atoms with E-state index in [1.165, 1.54) is 5.56 Å². The van der Waals surface area contributed by atoms with Gasteiger partial charge in [0, 0.05) is 23.9 Å². The maximum atomic E-state index is 4.43. The highest BCUT2D eigenvalue weighted by Gasteiger charge is 2.14. The Balaban J connectivity index is 2.81. The smallest absolute Gasteiger partial charge is 0.0457 e. The van der Waals surface area contributed by atoms with Crippen molar-refractivity contribution in [2.75, 3.05) is 7.05 Å². The Morgan fingerprint density at radius 1 is 1.31 bits per heavy atom. The minimum absolute atomic E-state index is 0.151. The molecule has 0 atom stereocenters. The quantitative estimate of drug-likeness (QED) is 0.750. The van der Waals surface area contributed by atoms with E-state index in [9.17, 15) is 0 Å². The van der Waals surface area contributed by atoms with E-state index in [0.717, 1.165) is 12.2 Å². The highest BCUT2D eigenvalue weighted by Crippen LogP contribution is 2.19. The molecule has 0 unspecified atom stereocenters. The molecule has 0 saturated heterocycles. The van der Waals surface area contributed by atoms with Crippen LogP contribution >= 0.6 is 0 Å². The summed E-state index contributed by atoms with van der Waals surface area (Å²) in [6.07, 6.45) is 1.94. The van der Waals surface area contributed by atoms with Crippen molar-refractivity contribution in [3.8, 4) is 0 Å². The van der Waals surface area contributed by atoms with E-state index in [1.807, 2.05) is 13.2 Å². The molecule has 2 nitrogen and oxygen atoms in total. The molecule has 0 aliphatic heterocycles. The van der Waals surface area contributed by atoms with Crippen LogP contribution in [0.15, 0.2) is 18.3 Å². The molecule has 0 aliphatic rings. The number of pyridine rings is 1. The first-order valence-electron chi connectivity index (χ1n) is 4.64. The van der Waals surface area contributed by atoms with Crippen molar-refractivity contribution in [2.45, 2.75) is 32.7 Å². The molecule has 1 aromatic heterocycles. The first-order valence-corrected chi connectivity index (χ1v) is 4.64. The van der Waals surface area contributed by atoms with Gasteiger partial charge in [0.15, 0.2) is 0 Å². The summed E-state index contributed by atoms with van der Waals surface area (Å²) in [5.74, 6) is 0. The fourth-order valence-corrected chi connectivity index (χ4v) is 1.18. The van der Waals surface area contributed by atoms with Gasteiger partial charge in [-0.25, -0.2) is 0 Å². The van der Waals surface area contributed by atoms with Crippen LogP contribution in [0.1, 0.15) is 32.0 Å². The molecule has 2 heteroatoms. The molecule has 1 aromatic rings. The van der Waals surface area contributed by atoms with Crippen LogP contribution in [0.5, 0.6) is 0 Å². The molecule has 1 N–H and O–H groups in total. The average molecular weight is 178 g/mol. The van der Waals surface area contributed by atoms with Gasteiger partial charge < -0.3 is 5.32 Å². The molecule has 0 bridgehead atoms. The second kappa shape index (κ2) is 3.88. The third kappa shape index (κ3) is 2.81. The zero-order chi connectivity index (χ0) is 9.90. The molecular weight excluding hydrogens is 160 g/mol. The molecule has 1 heterocycles. The number of nitrogens with one attached hydrogen (secondary N) is 1. The Morgan fingerprint density at radius 3 is 2.38 bits per heavy atom. The third-order valence-electron chi connectivity index (χ3n) is 1.97. The zero-order valence-corrected chi connectivity index (χ0v) is 8.89.